The summed E-state index contributed by atoms with van der Waals surface area (Å²) in [5.41, 5.74) is 1.26. The Hall–Kier alpha value is -1.95. The number of pyridine rings is 1. The Morgan fingerprint density at radius 2 is 2.12 bits per heavy atom. The van der Waals surface area contributed by atoms with Crippen LogP contribution in [0.15, 0.2) is 18.3 Å². The summed E-state index contributed by atoms with van der Waals surface area (Å²) in [6.07, 6.45) is 7.09. The third kappa shape index (κ3) is 3.15. The van der Waals surface area contributed by atoms with Gasteiger partial charge in [0.1, 0.15) is 5.82 Å². The summed E-state index contributed by atoms with van der Waals surface area (Å²) in [4.78, 5) is 11.6. The van der Waals surface area contributed by atoms with Crippen molar-refractivity contribution in [2.24, 2.45) is 11.8 Å². The molecule has 3 aliphatic rings. The number of H-pyrrole nitrogens is 1. The van der Waals surface area contributed by atoms with Crippen molar-refractivity contribution in [2.45, 2.75) is 44.1 Å². The first-order chi connectivity index (χ1) is 12.3. The van der Waals surface area contributed by atoms with Crippen LogP contribution in [0, 0.1) is 11.8 Å². The molecule has 2 saturated carbocycles. The van der Waals surface area contributed by atoms with Crippen LogP contribution in [0.4, 0.5) is 0 Å². The number of nitrogens with zero attached hydrogens (tertiary/aromatic N) is 4. The van der Waals surface area contributed by atoms with Crippen molar-refractivity contribution < 1.29 is 4.74 Å². The van der Waals surface area contributed by atoms with Gasteiger partial charge in [-0.05, 0) is 49.1 Å². The van der Waals surface area contributed by atoms with Gasteiger partial charge in [-0.2, -0.15) is 5.10 Å². The molecule has 2 aromatic heterocycles. The number of nitrogens with one attached hydrogen (secondary N) is 1. The summed E-state index contributed by atoms with van der Waals surface area (Å²) in [6, 6.07) is 4.13. The second-order valence-electron chi connectivity index (χ2n) is 7.86. The standard InChI is InChI=1S/C19H25N5O/c1-25-17-8-12(6-7-20-17)9-24-10-15(13-2-3-13)16(11-24)19-21-18(22-23-19)14-4-5-14/h6-8,13-16H,2-5,9-11H2,1H3,(H,21,22,23)/t15-,16+/m1/s1. The van der Waals surface area contributed by atoms with Crippen LogP contribution in [-0.4, -0.2) is 45.3 Å². The Morgan fingerprint density at radius 1 is 1.24 bits per heavy atom. The van der Waals surface area contributed by atoms with Gasteiger partial charge >= 0.3 is 0 Å². The molecule has 6 heteroatoms. The molecule has 2 aliphatic carbocycles. The molecule has 2 aromatic rings. The molecule has 0 amide bonds. The minimum Gasteiger partial charge on any atom is -0.481 e. The molecule has 3 heterocycles. The van der Waals surface area contributed by atoms with Crippen molar-refractivity contribution in [1.29, 1.82) is 0 Å². The Labute approximate surface area is 148 Å². The van der Waals surface area contributed by atoms with Gasteiger partial charge in [0.05, 0.1) is 7.11 Å². The number of hydrogen-bond donors (Lipinski definition) is 1. The number of aromatic amines is 1. The van der Waals surface area contributed by atoms with Gasteiger partial charge in [0.25, 0.3) is 0 Å². The van der Waals surface area contributed by atoms with E-state index in [9.17, 15) is 0 Å². The first-order valence-electron chi connectivity index (χ1n) is 9.43. The number of hydrogen-bond acceptors (Lipinski definition) is 5. The molecule has 1 saturated heterocycles. The zero-order valence-electron chi connectivity index (χ0n) is 14.7. The second-order valence-corrected chi connectivity index (χ2v) is 7.86. The minimum absolute atomic E-state index is 0.497. The lowest BCUT2D eigenvalue weighted by molar-refractivity contribution is 0.308. The Kier molecular flexibility index (Phi) is 3.73. The van der Waals surface area contributed by atoms with Gasteiger partial charge in [-0.1, -0.05) is 0 Å². The lowest BCUT2D eigenvalue weighted by atomic mass is 9.91. The van der Waals surface area contributed by atoms with Crippen LogP contribution in [0.5, 0.6) is 5.88 Å². The van der Waals surface area contributed by atoms with Crippen LogP contribution >= 0.6 is 0 Å². The number of ether oxygens (including phenoxy) is 1. The lowest BCUT2D eigenvalue weighted by Crippen LogP contribution is -2.20. The van der Waals surface area contributed by atoms with E-state index in [0.29, 0.717) is 23.6 Å². The van der Waals surface area contributed by atoms with Gasteiger partial charge in [0.2, 0.25) is 5.88 Å². The summed E-state index contributed by atoms with van der Waals surface area (Å²) in [7, 11) is 1.67. The van der Waals surface area contributed by atoms with E-state index in [2.05, 4.69) is 26.1 Å². The smallest absolute Gasteiger partial charge is 0.213 e. The van der Waals surface area contributed by atoms with Crippen LogP contribution in [0.25, 0.3) is 0 Å². The maximum absolute atomic E-state index is 5.26. The van der Waals surface area contributed by atoms with E-state index < -0.39 is 0 Å². The number of aromatic nitrogens is 4. The second kappa shape index (κ2) is 6.09. The van der Waals surface area contributed by atoms with E-state index in [0.717, 1.165) is 37.2 Å². The summed E-state index contributed by atoms with van der Waals surface area (Å²) in [6.45, 7) is 3.16. The molecule has 5 rings (SSSR count). The molecular weight excluding hydrogens is 314 g/mol. The zero-order valence-corrected chi connectivity index (χ0v) is 14.7. The molecule has 0 unspecified atom stereocenters. The molecule has 1 aliphatic heterocycles. The molecule has 25 heavy (non-hydrogen) atoms. The van der Waals surface area contributed by atoms with Crippen LogP contribution in [0.2, 0.25) is 0 Å². The Morgan fingerprint density at radius 3 is 2.88 bits per heavy atom. The van der Waals surface area contributed by atoms with E-state index in [4.69, 9.17) is 9.72 Å². The third-order valence-corrected chi connectivity index (χ3v) is 5.90. The van der Waals surface area contributed by atoms with Gasteiger partial charge in [-0.3, -0.25) is 10.00 Å². The highest BCUT2D eigenvalue weighted by Crippen LogP contribution is 2.47. The molecule has 6 nitrogen and oxygen atoms in total. The predicted molar refractivity (Wildman–Crippen MR) is 93.4 cm³/mol. The van der Waals surface area contributed by atoms with Crippen molar-refractivity contribution >= 4 is 0 Å². The third-order valence-electron chi connectivity index (χ3n) is 5.90. The lowest BCUT2D eigenvalue weighted by Gasteiger charge is -2.16. The number of likely N-dealkylation sites (tertiary alicyclic amines) is 1. The van der Waals surface area contributed by atoms with Crippen LogP contribution in [-0.2, 0) is 6.54 Å². The zero-order chi connectivity index (χ0) is 16.8. The summed E-state index contributed by atoms with van der Waals surface area (Å²) in [5.74, 6) is 5.55. The maximum atomic E-state index is 5.26. The molecule has 132 valence electrons. The molecule has 0 bridgehead atoms. The van der Waals surface area contributed by atoms with E-state index in [-0.39, 0.29) is 0 Å². The SMILES string of the molecule is COc1cc(CN2C[C@H](c3nc(C4CC4)n[nH]3)[C@@H](C3CC3)C2)ccn1. The maximum Gasteiger partial charge on any atom is 0.213 e. The molecule has 3 fully saturated rings. The Balaban J connectivity index is 1.32. The highest BCUT2D eigenvalue weighted by atomic mass is 16.5. The highest BCUT2D eigenvalue weighted by Gasteiger charge is 2.44. The molecule has 0 aromatic carbocycles. The summed E-state index contributed by atoms with van der Waals surface area (Å²) < 4.78 is 5.26. The normalized spacial score (nSPS) is 26.9. The van der Waals surface area contributed by atoms with Crippen molar-refractivity contribution in [3.05, 3.63) is 35.5 Å². The van der Waals surface area contributed by atoms with Crippen molar-refractivity contribution in [2.75, 3.05) is 20.2 Å². The minimum atomic E-state index is 0.497. The van der Waals surface area contributed by atoms with Crippen molar-refractivity contribution in [1.82, 2.24) is 25.1 Å². The molecule has 1 N–H and O–H groups in total. The average Bonchev–Trinajstić information content (AvgIpc) is 3.57. The Bertz CT molecular complexity index is 752. The highest BCUT2D eigenvalue weighted by molar-refractivity contribution is 5.21. The average molecular weight is 339 g/mol. The summed E-state index contributed by atoms with van der Waals surface area (Å²) >= 11 is 0. The van der Waals surface area contributed by atoms with Crippen LogP contribution in [0.3, 0.4) is 0 Å². The van der Waals surface area contributed by atoms with E-state index in [1.54, 1.807) is 7.11 Å². The summed E-state index contributed by atoms with van der Waals surface area (Å²) in [5, 5.41) is 7.76. The fourth-order valence-electron chi connectivity index (χ4n) is 4.23. The predicted octanol–water partition coefficient (Wildman–Crippen LogP) is 2.71. The van der Waals surface area contributed by atoms with Crippen LogP contribution in [0.1, 0.15) is 54.7 Å². The first kappa shape index (κ1) is 15.3. The quantitative estimate of drug-likeness (QED) is 0.876. The van der Waals surface area contributed by atoms with E-state index >= 15 is 0 Å². The fourth-order valence-corrected chi connectivity index (χ4v) is 4.23. The van der Waals surface area contributed by atoms with Gasteiger partial charge in [-0.15, -0.1) is 0 Å². The van der Waals surface area contributed by atoms with Gasteiger partial charge in [0, 0.05) is 43.7 Å². The molecule has 0 spiro atoms. The largest absolute Gasteiger partial charge is 0.481 e. The van der Waals surface area contributed by atoms with Crippen molar-refractivity contribution in [3.63, 3.8) is 0 Å². The molecular formula is C19H25N5O. The van der Waals surface area contributed by atoms with Crippen LogP contribution < -0.4 is 4.74 Å². The number of rotatable bonds is 6. The monoisotopic (exact) mass is 339 g/mol. The molecule has 0 radical (unpaired) electrons. The van der Waals surface area contributed by atoms with Gasteiger partial charge in [-0.25, -0.2) is 9.97 Å². The first-order valence-corrected chi connectivity index (χ1v) is 9.43. The molecule has 2 atom stereocenters. The topological polar surface area (TPSA) is 66.9 Å². The number of methoxy groups -OCH3 is 1. The van der Waals surface area contributed by atoms with Gasteiger partial charge in [0.15, 0.2) is 5.82 Å². The van der Waals surface area contributed by atoms with Crippen molar-refractivity contribution in [3.8, 4) is 5.88 Å². The van der Waals surface area contributed by atoms with E-state index in [1.807, 2.05) is 12.3 Å². The van der Waals surface area contributed by atoms with Gasteiger partial charge < -0.3 is 4.74 Å². The fraction of sp³-hybridized carbons (Fsp3) is 0.632. The van der Waals surface area contributed by atoms with E-state index in [1.165, 1.54) is 31.2 Å².